The largest absolute Gasteiger partial charge is 0.374 e. The van der Waals surface area contributed by atoms with Crippen LogP contribution < -0.4 is 5.32 Å². The number of fused-ring (bicyclic) bond motifs is 1. The minimum absolute atomic E-state index is 0.0488. The van der Waals surface area contributed by atoms with Crippen molar-refractivity contribution in [2.24, 2.45) is 0 Å². The molecule has 1 amide bonds. The van der Waals surface area contributed by atoms with Gasteiger partial charge in [0.05, 0.1) is 6.61 Å². The van der Waals surface area contributed by atoms with Crippen LogP contribution in [0.3, 0.4) is 0 Å². The fraction of sp³-hybridized carbons (Fsp3) is 0.261. The van der Waals surface area contributed by atoms with E-state index in [9.17, 15) is 23.2 Å². The lowest BCUT2D eigenvalue weighted by Gasteiger charge is -2.31. The van der Waals surface area contributed by atoms with Gasteiger partial charge in [0.1, 0.15) is 11.4 Å². The van der Waals surface area contributed by atoms with Gasteiger partial charge in [-0.05, 0) is 12.5 Å². The lowest BCUT2D eigenvalue weighted by molar-refractivity contribution is -0.139. The number of nitrogens with one attached hydrogen (secondary N) is 1. The lowest BCUT2D eigenvalue weighted by atomic mass is 9.89. The van der Waals surface area contributed by atoms with Crippen LogP contribution in [0, 0.1) is 0 Å². The molecule has 0 spiro atoms. The second kappa shape index (κ2) is 9.61. The maximum atomic E-state index is 13.3. The number of halogens is 2. The average molecular weight is 428 g/mol. The molecule has 0 heterocycles. The van der Waals surface area contributed by atoms with Crippen LogP contribution in [0.1, 0.15) is 46.2 Å². The van der Waals surface area contributed by atoms with Crippen LogP contribution in [0.2, 0.25) is 0 Å². The third-order valence-corrected chi connectivity index (χ3v) is 4.96. The summed E-state index contributed by atoms with van der Waals surface area (Å²) in [5.74, 6) is -1.56. The predicted octanol–water partition coefficient (Wildman–Crippen LogP) is 3.72. The predicted molar refractivity (Wildman–Crippen MR) is 109 cm³/mol. The molecule has 2 aromatic carbocycles. The summed E-state index contributed by atoms with van der Waals surface area (Å²) in [5.41, 5.74) is 1.01. The number of allylic oxidation sites excluding steroid dienone is 2. The normalized spacial score (nSPS) is 14.5. The number of hydrogen-bond donors (Lipinski definition) is 1. The Morgan fingerprint density at radius 2 is 1.58 bits per heavy atom. The molecule has 0 bridgehead atoms. The van der Waals surface area contributed by atoms with Crippen LogP contribution in [0.15, 0.2) is 66.0 Å². The molecule has 0 radical (unpaired) electrons. The summed E-state index contributed by atoms with van der Waals surface area (Å²) in [7, 11) is 0. The first-order valence-electron chi connectivity index (χ1n) is 9.73. The first kappa shape index (κ1) is 22.3. The van der Waals surface area contributed by atoms with Crippen molar-refractivity contribution in [3.05, 3.63) is 82.7 Å². The van der Waals surface area contributed by atoms with E-state index in [1.54, 1.807) is 18.2 Å². The van der Waals surface area contributed by atoms with E-state index >= 15 is 0 Å². The summed E-state index contributed by atoms with van der Waals surface area (Å²) in [6, 6.07) is 15.2. The van der Waals surface area contributed by atoms with Gasteiger partial charge in [-0.2, -0.15) is 8.78 Å². The van der Waals surface area contributed by atoms with Crippen molar-refractivity contribution < 1.29 is 27.9 Å². The number of ether oxygens (including phenoxy) is 1. The molecule has 0 aromatic heterocycles. The Kier molecular flexibility index (Phi) is 6.91. The molecule has 8 heteroatoms. The van der Waals surface area contributed by atoms with Crippen LogP contribution in [0.4, 0.5) is 8.78 Å². The number of alkyl halides is 2. The molecule has 0 saturated carbocycles. The number of amides is 1. The minimum atomic E-state index is -3.01. The third kappa shape index (κ3) is 4.86. The zero-order valence-corrected chi connectivity index (χ0v) is 17.1. The van der Waals surface area contributed by atoms with Crippen molar-refractivity contribution in [3.8, 4) is 0 Å². The SMILES string of the molecule is CC(=O)N(CCOC(F)F)C1=C(NC(C)c2ccccc2)C(=O)c2ccccc2C1=O. The van der Waals surface area contributed by atoms with Crippen LogP contribution in [0.25, 0.3) is 0 Å². The number of nitrogens with zero attached hydrogens (tertiary/aromatic N) is 1. The Labute approximate surface area is 178 Å². The zero-order chi connectivity index (χ0) is 22.5. The first-order chi connectivity index (χ1) is 14.8. The number of benzene rings is 2. The number of carbonyl (C=O) groups is 3. The molecule has 1 unspecified atom stereocenters. The van der Waals surface area contributed by atoms with Crippen molar-refractivity contribution in [1.82, 2.24) is 10.2 Å². The van der Waals surface area contributed by atoms with Crippen molar-refractivity contribution in [1.29, 1.82) is 0 Å². The van der Waals surface area contributed by atoms with Gasteiger partial charge < -0.3 is 15.0 Å². The van der Waals surface area contributed by atoms with Crippen molar-refractivity contribution >= 4 is 17.5 Å². The molecular formula is C23H22F2N2O4. The van der Waals surface area contributed by atoms with Crippen LogP contribution in [0.5, 0.6) is 0 Å². The molecule has 1 aliphatic rings. The molecule has 162 valence electrons. The maximum absolute atomic E-state index is 13.3. The van der Waals surface area contributed by atoms with Gasteiger partial charge >= 0.3 is 6.61 Å². The van der Waals surface area contributed by atoms with E-state index in [2.05, 4.69) is 10.1 Å². The maximum Gasteiger partial charge on any atom is 0.345 e. The van der Waals surface area contributed by atoms with E-state index in [0.717, 1.165) is 10.5 Å². The van der Waals surface area contributed by atoms with E-state index in [-0.39, 0.29) is 35.1 Å². The number of ketones is 2. The van der Waals surface area contributed by atoms with Gasteiger partial charge in [0.15, 0.2) is 0 Å². The topological polar surface area (TPSA) is 75.7 Å². The molecule has 3 rings (SSSR count). The smallest absolute Gasteiger partial charge is 0.345 e. The zero-order valence-electron chi connectivity index (χ0n) is 17.1. The molecular weight excluding hydrogens is 406 g/mol. The Hall–Kier alpha value is -3.39. The first-order valence-corrected chi connectivity index (χ1v) is 9.73. The van der Waals surface area contributed by atoms with Crippen molar-refractivity contribution in [2.75, 3.05) is 13.2 Å². The van der Waals surface area contributed by atoms with Gasteiger partial charge in [-0.3, -0.25) is 14.4 Å². The quantitative estimate of drug-likeness (QED) is 0.694. The Morgan fingerprint density at radius 3 is 2.16 bits per heavy atom. The summed E-state index contributed by atoms with van der Waals surface area (Å²) in [5, 5.41) is 3.07. The number of carbonyl (C=O) groups excluding carboxylic acids is 3. The monoisotopic (exact) mass is 428 g/mol. The number of rotatable bonds is 8. The highest BCUT2D eigenvalue weighted by molar-refractivity contribution is 6.27. The summed E-state index contributed by atoms with van der Waals surface area (Å²) in [4.78, 5) is 39.9. The molecule has 0 aliphatic heterocycles. The van der Waals surface area contributed by atoms with Crippen molar-refractivity contribution in [3.63, 3.8) is 0 Å². The van der Waals surface area contributed by atoms with E-state index in [1.807, 2.05) is 37.3 Å². The highest BCUT2D eigenvalue weighted by Gasteiger charge is 2.37. The van der Waals surface area contributed by atoms with Crippen LogP contribution in [-0.4, -0.2) is 42.1 Å². The van der Waals surface area contributed by atoms with E-state index in [1.165, 1.54) is 13.0 Å². The van der Waals surface area contributed by atoms with Crippen LogP contribution in [-0.2, 0) is 9.53 Å². The molecule has 0 fully saturated rings. The van der Waals surface area contributed by atoms with Gasteiger partial charge in [0.25, 0.3) is 0 Å². The van der Waals surface area contributed by atoms with E-state index in [4.69, 9.17) is 0 Å². The molecule has 1 N–H and O–H groups in total. The third-order valence-electron chi connectivity index (χ3n) is 4.96. The summed E-state index contributed by atoms with van der Waals surface area (Å²) in [6.07, 6.45) is 0. The molecule has 1 atom stereocenters. The lowest BCUT2D eigenvalue weighted by Crippen LogP contribution is -2.42. The molecule has 6 nitrogen and oxygen atoms in total. The Balaban J connectivity index is 2.06. The van der Waals surface area contributed by atoms with Crippen LogP contribution >= 0.6 is 0 Å². The Bertz CT molecular complexity index is 1020. The van der Waals surface area contributed by atoms with E-state index in [0.29, 0.717) is 0 Å². The standard InChI is InChI=1S/C23H22F2N2O4/c1-14(16-8-4-3-5-9-16)26-19-20(27(15(2)28)12-13-31-23(24)25)22(30)18-11-7-6-10-17(18)21(19)29/h3-11,14,23,26H,12-13H2,1-2H3. The fourth-order valence-electron chi connectivity index (χ4n) is 3.46. The van der Waals surface area contributed by atoms with Gasteiger partial charge in [0, 0.05) is 30.6 Å². The number of hydrogen-bond acceptors (Lipinski definition) is 5. The second-order valence-corrected chi connectivity index (χ2v) is 7.01. The summed E-state index contributed by atoms with van der Waals surface area (Å²) in [6.45, 7) is -0.794. The summed E-state index contributed by atoms with van der Waals surface area (Å²) < 4.78 is 29.1. The number of Topliss-reactive ketones (excluding diaryl/α,β-unsaturated/α-hetero) is 2. The van der Waals surface area contributed by atoms with Gasteiger partial charge in [-0.15, -0.1) is 0 Å². The molecule has 0 saturated heterocycles. The molecule has 31 heavy (non-hydrogen) atoms. The molecule has 1 aliphatic carbocycles. The minimum Gasteiger partial charge on any atom is -0.374 e. The van der Waals surface area contributed by atoms with Gasteiger partial charge in [-0.1, -0.05) is 54.6 Å². The Morgan fingerprint density at radius 1 is 1.00 bits per heavy atom. The van der Waals surface area contributed by atoms with E-state index < -0.39 is 30.7 Å². The average Bonchev–Trinajstić information content (AvgIpc) is 2.76. The van der Waals surface area contributed by atoms with Gasteiger partial charge in [0.2, 0.25) is 17.5 Å². The summed E-state index contributed by atoms with van der Waals surface area (Å²) >= 11 is 0. The highest BCUT2D eigenvalue weighted by atomic mass is 19.3. The second-order valence-electron chi connectivity index (χ2n) is 7.01. The molecule has 2 aromatic rings. The van der Waals surface area contributed by atoms with Crippen molar-refractivity contribution in [2.45, 2.75) is 26.5 Å². The van der Waals surface area contributed by atoms with Gasteiger partial charge in [-0.25, -0.2) is 0 Å². The fourth-order valence-corrected chi connectivity index (χ4v) is 3.46. The highest BCUT2D eigenvalue weighted by Crippen LogP contribution is 2.29.